The zero-order valence-corrected chi connectivity index (χ0v) is 14.2. The number of aromatic nitrogens is 4. The number of hydrogen-bond acceptors (Lipinski definition) is 6. The van der Waals surface area contributed by atoms with E-state index in [-0.39, 0.29) is 0 Å². The molecule has 1 saturated heterocycles. The Morgan fingerprint density at radius 3 is 2.84 bits per heavy atom. The topological polar surface area (TPSA) is 108 Å². The number of fused-ring (bicyclic) bond motifs is 1. The van der Waals surface area contributed by atoms with E-state index in [2.05, 4.69) is 31.1 Å². The summed E-state index contributed by atoms with van der Waals surface area (Å²) in [7, 11) is 0. The largest absolute Gasteiger partial charge is 0.355 e. The van der Waals surface area contributed by atoms with E-state index in [9.17, 15) is 0 Å². The third-order valence-corrected chi connectivity index (χ3v) is 4.80. The molecule has 3 aromatic rings. The fourth-order valence-electron chi connectivity index (χ4n) is 3.03. The Labute approximate surface area is 149 Å². The van der Waals surface area contributed by atoms with Crippen LogP contribution in [0.2, 0.25) is 5.02 Å². The van der Waals surface area contributed by atoms with Crippen LogP contribution in [-0.2, 0) is 0 Å². The zero-order chi connectivity index (χ0) is 17.4. The highest BCUT2D eigenvalue weighted by atomic mass is 35.5. The van der Waals surface area contributed by atoms with Crippen molar-refractivity contribution in [1.29, 1.82) is 5.26 Å². The Morgan fingerprint density at radius 1 is 1.32 bits per heavy atom. The van der Waals surface area contributed by atoms with E-state index >= 15 is 0 Å². The van der Waals surface area contributed by atoms with E-state index in [1.807, 2.05) is 24.3 Å². The number of rotatable bonds is 2. The van der Waals surface area contributed by atoms with Crippen LogP contribution in [0.25, 0.3) is 22.4 Å². The molecular weight excluding hydrogens is 338 g/mol. The summed E-state index contributed by atoms with van der Waals surface area (Å²) in [6, 6.07) is 9.70. The van der Waals surface area contributed by atoms with Crippen LogP contribution in [0, 0.1) is 11.3 Å². The molecule has 3 N–H and O–H groups in total. The van der Waals surface area contributed by atoms with Crippen LogP contribution in [0.5, 0.6) is 0 Å². The third kappa shape index (κ3) is 2.90. The van der Waals surface area contributed by atoms with Crippen molar-refractivity contribution in [3.8, 4) is 17.3 Å². The molecule has 2 aromatic heterocycles. The summed E-state index contributed by atoms with van der Waals surface area (Å²) in [4.78, 5) is 11.2. The van der Waals surface area contributed by atoms with Crippen molar-refractivity contribution in [3.05, 3.63) is 35.5 Å². The Bertz CT molecular complexity index is 967. The number of aromatic amines is 1. The first-order valence-corrected chi connectivity index (χ1v) is 8.38. The van der Waals surface area contributed by atoms with Crippen molar-refractivity contribution >= 4 is 28.6 Å². The predicted octanol–water partition coefficient (Wildman–Crippen LogP) is 2.49. The molecule has 1 aliphatic heterocycles. The Morgan fingerprint density at radius 2 is 2.12 bits per heavy atom. The second-order valence-corrected chi connectivity index (χ2v) is 6.70. The highest BCUT2D eigenvalue weighted by Crippen LogP contribution is 2.28. The van der Waals surface area contributed by atoms with Gasteiger partial charge in [0.15, 0.2) is 0 Å². The van der Waals surface area contributed by atoms with E-state index in [4.69, 9.17) is 22.6 Å². The maximum absolute atomic E-state index is 9.13. The van der Waals surface area contributed by atoms with E-state index in [1.54, 1.807) is 6.20 Å². The maximum Gasteiger partial charge on any atom is 0.202 e. The summed E-state index contributed by atoms with van der Waals surface area (Å²) < 4.78 is 0. The average Bonchev–Trinajstić information content (AvgIpc) is 3.05. The second-order valence-electron chi connectivity index (χ2n) is 6.26. The van der Waals surface area contributed by atoms with Crippen LogP contribution >= 0.6 is 11.6 Å². The van der Waals surface area contributed by atoms with E-state index < -0.39 is 5.54 Å². The highest BCUT2D eigenvalue weighted by Gasteiger charge is 2.31. The first-order chi connectivity index (χ1) is 12.1. The first-order valence-electron chi connectivity index (χ1n) is 8.00. The lowest BCUT2D eigenvalue weighted by molar-refractivity contribution is 0.414. The van der Waals surface area contributed by atoms with Gasteiger partial charge in [-0.1, -0.05) is 23.7 Å². The molecule has 8 heteroatoms. The lowest BCUT2D eigenvalue weighted by atomic mass is 9.90. The number of halogens is 1. The molecule has 3 heterocycles. The number of nitrogens with one attached hydrogen (secondary N) is 1. The molecule has 0 aliphatic carbocycles. The highest BCUT2D eigenvalue weighted by molar-refractivity contribution is 6.30. The van der Waals surface area contributed by atoms with Gasteiger partial charge in [0.2, 0.25) is 5.65 Å². The molecule has 0 bridgehead atoms. The SMILES string of the molecule is N#CC1(N)CCN(c2cnc3c(-c4cccc(Cl)c4)[nH]nc3n2)CC1. The van der Waals surface area contributed by atoms with Crippen molar-refractivity contribution in [1.82, 2.24) is 20.2 Å². The fraction of sp³-hybridized carbons (Fsp3) is 0.294. The van der Waals surface area contributed by atoms with Gasteiger partial charge in [-0.3, -0.25) is 5.10 Å². The summed E-state index contributed by atoms with van der Waals surface area (Å²) in [5.41, 5.74) is 8.24. The van der Waals surface area contributed by atoms with Gasteiger partial charge < -0.3 is 10.6 Å². The minimum Gasteiger partial charge on any atom is -0.355 e. The Balaban J connectivity index is 1.64. The van der Waals surface area contributed by atoms with Gasteiger partial charge in [0.05, 0.1) is 18.0 Å². The van der Waals surface area contributed by atoms with E-state index in [1.165, 1.54) is 0 Å². The van der Waals surface area contributed by atoms with Gasteiger partial charge in [0, 0.05) is 23.7 Å². The number of piperidine rings is 1. The summed E-state index contributed by atoms with van der Waals surface area (Å²) >= 11 is 6.06. The molecule has 0 radical (unpaired) electrons. The Hall–Kier alpha value is -2.69. The van der Waals surface area contributed by atoms with Gasteiger partial charge in [0.1, 0.15) is 16.9 Å². The lowest BCUT2D eigenvalue weighted by Gasteiger charge is -2.35. The molecule has 4 rings (SSSR count). The fourth-order valence-corrected chi connectivity index (χ4v) is 3.22. The minimum absolute atomic E-state index is 0.553. The van der Waals surface area contributed by atoms with E-state index in [0.29, 0.717) is 42.1 Å². The maximum atomic E-state index is 9.13. The molecule has 7 nitrogen and oxygen atoms in total. The molecule has 0 atom stereocenters. The van der Waals surface area contributed by atoms with Crippen molar-refractivity contribution < 1.29 is 0 Å². The standard InChI is InChI=1S/C17H16ClN7/c18-12-3-1-2-11(8-12)14-15-16(24-23-14)22-13(9-21-15)25-6-4-17(20,10-19)5-7-25/h1-3,8-9H,4-7,20H2,(H,22,23,24). The van der Waals surface area contributed by atoms with Gasteiger partial charge in [-0.2, -0.15) is 10.4 Å². The summed E-state index contributed by atoms with van der Waals surface area (Å²) in [6.45, 7) is 1.35. The quantitative estimate of drug-likeness (QED) is 0.732. The summed E-state index contributed by atoms with van der Waals surface area (Å²) in [6.07, 6.45) is 2.96. The number of anilines is 1. The van der Waals surface area contributed by atoms with Crippen LogP contribution in [0.1, 0.15) is 12.8 Å². The average molecular weight is 354 g/mol. The Kier molecular flexibility index (Phi) is 3.79. The van der Waals surface area contributed by atoms with Crippen molar-refractivity contribution in [2.45, 2.75) is 18.4 Å². The van der Waals surface area contributed by atoms with Crippen LogP contribution in [0.3, 0.4) is 0 Å². The number of benzene rings is 1. The third-order valence-electron chi connectivity index (χ3n) is 4.57. The molecule has 126 valence electrons. The van der Waals surface area contributed by atoms with Crippen LogP contribution in [0.15, 0.2) is 30.5 Å². The number of nitrogens with zero attached hydrogens (tertiary/aromatic N) is 5. The monoisotopic (exact) mass is 353 g/mol. The normalized spacial score (nSPS) is 16.8. The van der Waals surface area contributed by atoms with Crippen LogP contribution < -0.4 is 10.6 Å². The van der Waals surface area contributed by atoms with Crippen LogP contribution in [-0.4, -0.2) is 38.8 Å². The molecule has 0 saturated carbocycles. The van der Waals surface area contributed by atoms with Gasteiger partial charge in [-0.25, -0.2) is 9.97 Å². The first kappa shape index (κ1) is 15.8. The second kappa shape index (κ2) is 5.99. The summed E-state index contributed by atoms with van der Waals surface area (Å²) in [5, 5.41) is 17.1. The van der Waals surface area contributed by atoms with Gasteiger partial charge in [-0.15, -0.1) is 0 Å². The molecule has 0 amide bonds. The number of hydrogen-bond donors (Lipinski definition) is 2. The zero-order valence-electron chi connectivity index (χ0n) is 13.4. The number of H-pyrrole nitrogens is 1. The minimum atomic E-state index is -0.736. The van der Waals surface area contributed by atoms with Gasteiger partial charge >= 0.3 is 0 Å². The molecule has 0 spiro atoms. The van der Waals surface area contributed by atoms with Gasteiger partial charge in [0.25, 0.3) is 0 Å². The number of nitrogens with two attached hydrogens (primary N) is 1. The number of nitriles is 1. The molecule has 1 aromatic carbocycles. The van der Waals surface area contributed by atoms with Crippen LogP contribution in [0.4, 0.5) is 5.82 Å². The summed E-state index contributed by atoms with van der Waals surface area (Å²) in [5.74, 6) is 0.747. The smallest absolute Gasteiger partial charge is 0.202 e. The van der Waals surface area contributed by atoms with E-state index in [0.717, 1.165) is 17.1 Å². The van der Waals surface area contributed by atoms with Crippen molar-refractivity contribution in [2.24, 2.45) is 5.73 Å². The lowest BCUT2D eigenvalue weighted by Crippen LogP contribution is -2.49. The van der Waals surface area contributed by atoms with Crippen molar-refractivity contribution in [2.75, 3.05) is 18.0 Å². The molecular formula is C17H16ClN7. The predicted molar refractivity (Wildman–Crippen MR) is 96.1 cm³/mol. The molecule has 1 aliphatic rings. The molecule has 0 unspecified atom stereocenters. The van der Waals surface area contributed by atoms with Gasteiger partial charge in [-0.05, 0) is 25.0 Å². The van der Waals surface area contributed by atoms with Crippen molar-refractivity contribution in [3.63, 3.8) is 0 Å². The molecule has 1 fully saturated rings. The molecule has 25 heavy (non-hydrogen) atoms.